The van der Waals surface area contributed by atoms with Crippen LogP contribution in [0, 0.1) is 0 Å². The average Bonchev–Trinajstić information content (AvgIpc) is 3.47. The summed E-state index contributed by atoms with van der Waals surface area (Å²) in [4.78, 5) is 31.6. The second-order valence-electron chi connectivity index (χ2n) is 7.46. The van der Waals surface area contributed by atoms with Gasteiger partial charge in [-0.1, -0.05) is 6.07 Å². The third-order valence-electron chi connectivity index (χ3n) is 5.11. The van der Waals surface area contributed by atoms with Crippen LogP contribution < -0.4 is 0 Å². The van der Waals surface area contributed by atoms with E-state index in [0.717, 1.165) is 30.0 Å². The molecule has 0 bridgehead atoms. The molecule has 1 aliphatic rings. The number of ketones is 1. The third-order valence-corrected chi connectivity index (χ3v) is 6.28. The fourth-order valence-electron chi connectivity index (χ4n) is 3.46. The Morgan fingerprint density at radius 1 is 1.26 bits per heavy atom. The number of amides is 1. The minimum absolute atomic E-state index is 0.00503. The second kappa shape index (κ2) is 9.93. The van der Waals surface area contributed by atoms with E-state index in [-0.39, 0.29) is 17.8 Å². The number of Topliss-reactive ketones (excluding diaryl/α,β-unsaturated/α-hetero) is 1. The number of hydrogen-bond acceptors (Lipinski definition) is 8. The summed E-state index contributed by atoms with van der Waals surface area (Å²) in [5, 5.41) is 8.09. The lowest BCUT2D eigenvalue weighted by Crippen LogP contribution is -2.43. The molecular formula is C22H24N4O4S. The molecule has 0 spiro atoms. The van der Waals surface area contributed by atoms with Gasteiger partial charge in [0.1, 0.15) is 0 Å². The van der Waals surface area contributed by atoms with E-state index in [4.69, 9.17) is 9.15 Å². The zero-order valence-electron chi connectivity index (χ0n) is 17.3. The molecule has 4 rings (SSSR count). The van der Waals surface area contributed by atoms with E-state index in [1.165, 1.54) is 18.3 Å². The van der Waals surface area contributed by atoms with Crippen LogP contribution in [0.2, 0.25) is 0 Å². The first-order valence-corrected chi connectivity index (χ1v) is 11.1. The molecule has 0 aromatic carbocycles. The standard InChI is InChI=1S/C22H24N4O4S/c1-15(27)18-7-8-19(31-18)22-25-24-20(30-22)9-10-21(28)26-12-4-6-17(13-26)29-14-16-5-2-3-11-23-16/h2-3,5,7-8,11,17H,4,6,9-10,12-14H2,1H3. The molecule has 1 unspecified atom stereocenters. The van der Waals surface area contributed by atoms with Gasteiger partial charge in [-0.15, -0.1) is 21.5 Å². The van der Waals surface area contributed by atoms with Crippen LogP contribution in [0.4, 0.5) is 0 Å². The molecular weight excluding hydrogens is 416 g/mol. The van der Waals surface area contributed by atoms with Crippen LogP contribution in [0.5, 0.6) is 0 Å². The van der Waals surface area contributed by atoms with Crippen LogP contribution in [0.25, 0.3) is 10.8 Å². The molecule has 1 atom stereocenters. The van der Waals surface area contributed by atoms with Crippen molar-refractivity contribution in [1.29, 1.82) is 0 Å². The number of rotatable bonds is 8. The van der Waals surface area contributed by atoms with Gasteiger partial charge in [0, 0.05) is 32.1 Å². The third kappa shape index (κ3) is 5.62. The fourth-order valence-corrected chi connectivity index (χ4v) is 4.28. The second-order valence-corrected chi connectivity index (χ2v) is 8.54. The average molecular weight is 441 g/mol. The van der Waals surface area contributed by atoms with Crippen LogP contribution in [-0.4, -0.2) is 51.0 Å². The first kappa shape index (κ1) is 21.3. The van der Waals surface area contributed by atoms with Crippen LogP contribution in [0.1, 0.15) is 47.4 Å². The van der Waals surface area contributed by atoms with Crippen LogP contribution in [-0.2, 0) is 22.6 Å². The van der Waals surface area contributed by atoms with E-state index in [0.29, 0.717) is 42.7 Å². The monoisotopic (exact) mass is 440 g/mol. The molecule has 9 heteroatoms. The highest BCUT2D eigenvalue weighted by Gasteiger charge is 2.24. The molecule has 1 fully saturated rings. The number of thiophene rings is 1. The van der Waals surface area contributed by atoms with Crippen molar-refractivity contribution in [3.8, 4) is 10.8 Å². The number of pyridine rings is 1. The highest BCUT2D eigenvalue weighted by molar-refractivity contribution is 7.17. The van der Waals surface area contributed by atoms with Gasteiger partial charge in [-0.25, -0.2) is 0 Å². The van der Waals surface area contributed by atoms with Crippen LogP contribution >= 0.6 is 11.3 Å². The number of ether oxygens (including phenoxy) is 1. The molecule has 31 heavy (non-hydrogen) atoms. The molecule has 0 radical (unpaired) electrons. The molecule has 3 aromatic rings. The SMILES string of the molecule is CC(=O)c1ccc(-c2nnc(CCC(=O)N3CCCC(OCc4ccccn4)C3)o2)s1. The zero-order valence-corrected chi connectivity index (χ0v) is 18.1. The molecule has 1 amide bonds. The molecule has 4 heterocycles. The predicted molar refractivity (Wildman–Crippen MR) is 115 cm³/mol. The van der Waals surface area contributed by atoms with E-state index in [1.807, 2.05) is 23.1 Å². The summed E-state index contributed by atoms with van der Waals surface area (Å²) in [6, 6.07) is 9.29. The molecule has 0 aliphatic carbocycles. The Morgan fingerprint density at radius 3 is 2.94 bits per heavy atom. The number of hydrogen-bond donors (Lipinski definition) is 0. The molecule has 0 saturated carbocycles. The van der Waals surface area contributed by atoms with E-state index in [1.54, 1.807) is 18.3 Å². The molecule has 0 N–H and O–H groups in total. The Labute approximate surface area is 184 Å². The largest absolute Gasteiger partial charge is 0.420 e. The Morgan fingerprint density at radius 2 is 2.16 bits per heavy atom. The first-order chi connectivity index (χ1) is 15.1. The molecule has 1 aliphatic heterocycles. The number of likely N-dealkylation sites (tertiary alicyclic amines) is 1. The summed E-state index contributed by atoms with van der Waals surface area (Å²) in [6.07, 6.45) is 4.31. The van der Waals surface area contributed by atoms with Gasteiger partial charge in [0.25, 0.3) is 5.89 Å². The number of aryl methyl sites for hydroxylation is 1. The van der Waals surface area contributed by atoms with Crippen molar-refractivity contribution in [2.24, 2.45) is 0 Å². The predicted octanol–water partition coefficient (Wildman–Crippen LogP) is 3.54. The van der Waals surface area contributed by atoms with Crippen molar-refractivity contribution in [3.05, 3.63) is 53.0 Å². The molecule has 3 aromatic heterocycles. The van der Waals surface area contributed by atoms with Crippen LogP contribution in [0.15, 0.2) is 40.9 Å². The lowest BCUT2D eigenvalue weighted by atomic mass is 10.1. The summed E-state index contributed by atoms with van der Waals surface area (Å²) in [6.45, 7) is 3.30. The first-order valence-electron chi connectivity index (χ1n) is 10.3. The van der Waals surface area contributed by atoms with E-state index >= 15 is 0 Å². The topological polar surface area (TPSA) is 98.4 Å². The van der Waals surface area contributed by atoms with Crippen molar-refractivity contribution < 1.29 is 18.7 Å². The minimum Gasteiger partial charge on any atom is -0.420 e. The van der Waals surface area contributed by atoms with Gasteiger partial charge in [0.2, 0.25) is 11.8 Å². The maximum absolute atomic E-state index is 12.7. The summed E-state index contributed by atoms with van der Waals surface area (Å²) in [7, 11) is 0. The quantitative estimate of drug-likeness (QED) is 0.494. The maximum atomic E-state index is 12.7. The minimum atomic E-state index is 0.00503. The number of carbonyl (C=O) groups excluding carboxylic acids is 2. The van der Waals surface area contributed by atoms with E-state index in [2.05, 4.69) is 15.2 Å². The summed E-state index contributed by atoms with van der Waals surface area (Å²) in [5.74, 6) is 0.855. The number of carbonyl (C=O) groups is 2. The Balaban J connectivity index is 1.26. The van der Waals surface area contributed by atoms with Crippen molar-refractivity contribution in [2.75, 3.05) is 13.1 Å². The van der Waals surface area contributed by atoms with E-state index in [9.17, 15) is 9.59 Å². The zero-order chi connectivity index (χ0) is 21.6. The lowest BCUT2D eigenvalue weighted by molar-refractivity contribution is -0.135. The number of piperidine rings is 1. The van der Waals surface area contributed by atoms with Gasteiger partial charge >= 0.3 is 0 Å². The van der Waals surface area contributed by atoms with Gasteiger partial charge in [-0.05, 0) is 44.0 Å². The number of aromatic nitrogens is 3. The smallest absolute Gasteiger partial charge is 0.257 e. The Kier molecular flexibility index (Phi) is 6.83. The van der Waals surface area contributed by atoms with Gasteiger partial charge in [0.05, 0.1) is 28.2 Å². The fraction of sp³-hybridized carbons (Fsp3) is 0.409. The maximum Gasteiger partial charge on any atom is 0.257 e. The van der Waals surface area contributed by atoms with Gasteiger partial charge in [-0.2, -0.15) is 0 Å². The highest BCUT2D eigenvalue weighted by Crippen LogP contribution is 2.27. The summed E-state index contributed by atoms with van der Waals surface area (Å²) >= 11 is 1.32. The lowest BCUT2D eigenvalue weighted by Gasteiger charge is -2.32. The van der Waals surface area contributed by atoms with Gasteiger partial charge < -0.3 is 14.1 Å². The molecule has 8 nitrogen and oxygen atoms in total. The van der Waals surface area contributed by atoms with Gasteiger partial charge in [0.15, 0.2) is 5.78 Å². The normalized spacial score (nSPS) is 16.4. The Bertz CT molecular complexity index is 1030. The van der Waals surface area contributed by atoms with Crippen molar-refractivity contribution in [3.63, 3.8) is 0 Å². The van der Waals surface area contributed by atoms with Gasteiger partial charge in [-0.3, -0.25) is 14.6 Å². The van der Waals surface area contributed by atoms with Crippen molar-refractivity contribution in [2.45, 2.75) is 45.3 Å². The van der Waals surface area contributed by atoms with Crippen molar-refractivity contribution >= 4 is 23.0 Å². The van der Waals surface area contributed by atoms with Crippen LogP contribution in [0.3, 0.4) is 0 Å². The molecule has 162 valence electrons. The summed E-state index contributed by atoms with van der Waals surface area (Å²) < 4.78 is 11.6. The highest BCUT2D eigenvalue weighted by atomic mass is 32.1. The summed E-state index contributed by atoms with van der Waals surface area (Å²) in [5.41, 5.74) is 0.888. The number of nitrogens with zero attached hydrogens (tertiary/aromatic N) is 4. The molecule has 1 saturated heterocycles. The van der Waals surface area contributed by atoms with Crippen molar-refractivity contribution in [1.82, 2.24) is 20.1 Å². The van der Waals surface area contributed by atoms with E-state index < -0.39 is 0 Å². The Hall–Kier alpha value is -2.91.